The minimum Gasteiger partial charge on any atom is -0.448 e. The molecule has 3 aliphatic heterocycles. The van der Waals surface area contributed by atoms with E-state index in [1.54, 1.807) is 11.8 Å². The van der Waals surface area contributed by atoms with Gasteiger partial charge in [-0.2, -0.15) is 4.98 Å². The molecule has 470 valence electrons. The van der Waals surface area contributed by atoms with Crippen LogP contribution >= 0.6 is 51.2 Å². The number of anilines is 1. The smallest absolute Gasteiger partial charge is 0.350 e. The van der Waals surface area contributed by atoms with Crippen molar-refractivity contribution in [3.63, 3.8) is 0 Å². The number of halogens is 4. The molecule has 12 atom stereocenters. The molecule has 3 aliphatic rings. The van der Waals surface area contributed by atoms with Crippen LogP contribution in [0, 0.1) is 41.5 Å². The normalized spacial score (nSPS) is 23.9. The number of aromatic nitrogens is 2. The van der Waals surface area contributed by atoms with E-state index in [4.69, 9.17) is 38.9 Å². The fourth-order valence-corrected chi connectivity index (χ4v) is 15.0. The lowest BCUT2D eigenvalue weighted by atomic mass is 10.1. The maximum atomic E-state index is 15.6. The maximum absolute atomic E-state index is 15.6. The van der Waals surface area contributed by atoms with Crippen molar-refractivity contribution in [1.82, 2.24) is 9.55 Å². The van der Waals surface area contributed by atoms with E-state index in [2.05, 4.69) is 52.1 Å². The Balaban J connectivity index is 0.000000172. The first kappa shape index (κ1) is 68.5. The number of nitrogens with two attached hydrogens (primary N) is 1. The van der Waals surface area contributed by atoms with Crippen LogP contribution in [0.25, 0.3) is 0 Å². The molecule has 0 aliphatic carbocycles. The number of benzene rings is 6. The molecule has 3 saturated heterocycles. The Hall–Kier alpha value is -5.45. The zero-order valence-corrected chi connectivity index (χ0v) is 54.7. The average Bonchev–Trinajstić information content (AvgIpc) is 3.67. The Morgan fingerprint density at radius 1 is 0.477 bits per heavy atom. The minimum atomic E-state index is -1.41. The molecular weight excluding hydrogens is 1250 g/mol. The van der Waals surface area contributed by atoms with Crippen LogP contribution in [0.1, 0.15) is 79.1 Å². The monoisotopic (exact) mass is 1330 g/mol. The molecule has 0 radical (unpaired) electrons. The summed E-state index contributed by atoms with van der Waals surface area (Å²) in [6.07, 6.45) is -4.27. The number of thioether (sulfide) groups is 3. The van der Waals surface area contributed by atoms with Gasteiger partial charge in [-0.1, -0.05) is 195 Å². The first-order chi connectivity index (χ1) is 42.3. The number of hydrogen-bond donors (Lipinski definition) is 1. The molecular formula is C69H79BrF3N3O9S3. The molecule has 0 bridgehead atoms. The Bertz CT molecular complexity index is 3300. The Morgan fingerprint density at radius 3 is 1.15 bits per heavy atom. The van der Waals surface area contributed by atoms with E-state index in [-0.39, 0.29) is 32.3 Å². The number of carbonyl (C=O) groups is 1. The number of ether oxygens (including phenoxy) is 7. The van der Waals surface area contributed by atoms with Crippen LogP contribution in [0.15, 0.2) is 163 Å². The Morgan fingerprint density at radius 2 is 0.795 bits per heavy atom. The lowest BCUT2D eigenvalue weighted by Gasteiger charge is -2.21. The zero-order valence-electron chi connectivity index (χ0n) is 50.7. The maximum Gasteiger partial charge on any atom is 0.350 e. The summed E-state index contributed by atoms with van der Waals surface area (Å²) in [6.45, 7) is 17.0. The fraction of sp³-hybridized carbons (Fsp3) is 0.406. The van der Waals surface area contributed by atoms with Gasteiger partial charge in [0, 0.05) is 13.1 Å². The largest absolute Gasteiger partial charge is 0.448 e. The van der Waals surface area contributed by atoms with Gasteiger partial charge in [-0.3, -0.25) is 9.36 Å². The summed E-state index contributed by atoms with van der Waals surface area (Å²) >= 11 is 7.56. The third kappa shape index (κ3) is 20.8. The van der Waals surface area contributed by atoms with E-state index < -0.39 is 59.3 Å². The second kappa shape index (κ2) is 34.1. The van der Waals surface area contributed by atoms with E-state index in [1.807, 2.05) is 156 Å². The molecule has 88 heavy (non-hydrogen) atoms. The van der Waals surface area contributed by atoms with Gasteiger partial charge < -0.3 is 38.9 Å². The number of alkyl halides is 4. The standard InChI is InChI=1S/C25H28FN3O3S.C23H27FO4S.C21H24BrFO2S/c1-16-3-7-18(8-4-16)13-31-15-20-23(32-14-19-9-5-17(2)6-10-19)22(26)24(33-20)29-12-11-21(27)28-25(29)30;1-15-4-8-18(9-5-15)12-26-14-20-22(21(24)23(29-20)28-17(3)25)27-13-19-10-6-16(2)7-11-19;1-14-3-7-16(8-4-14)11-24-13-18-20(19(23)21(22)26-18)25-12-17-9-5-15(2)6-10-17/h3-12,20,22-24H,13-15H2,1-2H3,(H2,27,28,30);4-11,20-23H,12-14H2,1-3H3;3-10,18-21H,11-13H2,1-2H3/t20-,22+,23-,24?;20-,21+,22-,23?;18-,19+,20-,21?/m111/s1. The van der Waals surface area contributed by atoms with Crippen molar-refractivity contribution in [2.24, 2.45) is 0 Å². The lowest BCUT2D eigenvalue weighted by molar-refractivity contribution is -0.146. The van der Waals surface area contributed by atoms with Crippen molar-refractivity contribution in [3.8, 4) is 0 Å². The predicted molar refractivity (Wildman–Crippen MR) is 351 cm³/mol. The van der Waals surface area contributed by atoms with Crippen molar-refractivity contribution < 1.29 is 51.1 Å². The summed E-state index contributed by atoms with van der Waals surface area (Å²) in [6, 6.07) is 50.0. The third-order valence-corrected chi connectivity index (χ3v) is 20.2. The van der Waals surface area contributed by atoms with Gasteiger partial charge >= 0.3 is 11.7 Å². The fourth-order valence-electron chi connectivity index (χ4n) is 9.71. The van der Waals surface area contributed by atoms with E-state index in [9.17, 15) is 18.4 Å². The molecule has 2 N–H and O–H groups in total. The number of esters is 1. The number of nitrogens with zero attached hydrogens (tertiary/aromatic N) is 2. The quantitative estimate of drug-likeness (QED) is 0.0479. The van der Waals surface area contributed by atoms with E-state index in [1.165, 1.54) is 69.5 Å². The second-order valence-corrected chi connectivity index (χ2v) is 28.1. The molecule has 10 rings (SSSR count). The molecule has 3 fully saturated rings. The summed E-state index contributed by atoms with van der Waals surface area (Å²) in [7, 11) is 0. The highest BCUT2D eigenvalue weighted by molar-refractivity contribution is 9.11. The van der Waals surface area contributed by atoms with Crippen molar-refractivity contribution in [3.05, 3.63) is 235 Å². The van der Waals surface area contributed by atoms with Gasteiger partial charge in [0.15, 0.2) is 17.8 Å². The molecule has 0 spiro atoms. The second-order valence-electron chi connectivity index (χ2n) is 22.4. The van der Waals surface area contributed by atoms with Crippen LogP contribution in [0.5, 0.6) is 0 Å². The van der Waals surface area contributed by atoms with Gasteiger partial charge in [0.05, 0.1) is 79.4 Å². The molecule has 4 heterocycles. The highest BCUT2D eigenvalue weighted by atomic mass is 79.9. The van der Waals surface area contributed by atoms with Crippen LogP contribution in [0.3, 0.4) is 0 Å². The predicted octanol–water partition coefficient (Wildman–Crippen LogP) is 14.5. The highest BCUT2D eigenvalue weighted by Gasteiger charge is 2.49. The molecule has 0 saturated carbocycles. The topological polar surface area (TPSA) is 143 Å². The van der Waals surface area contributed by atoms with Crippen molar-refractivity contribution >= 4 is 63.0 Å². The van der Waals surface area contributed by atoms with Gasteiger partial charge in [0.1, 0.15) is 35.7 Å². The molecule has 1 aromatic heterocycles. The Labute approximate surface area is 536 Å². The SMILES string of the molecule is CC(=O)OC1S[C@H](COCc2ccc(C)cc2)[C@@H](OCc2ccc(C)cc2)[C@@H]1F.Cc1ccc(COC[C@H]2SC(Br)[C@@H](F)[C@@H]2OCc2ccc(C)cc2)cc1.Cc1ccc(COC[C@H]2SC(n3ccc(N)nc3=O)[C@@H](F)[C@@H]2OCc2ccc(C)cc2)cc1. The summed E-state index contributed by atoms with van der Waals surface area (Å²) in [5.41, 5.74) is 17.5. The van der Waals surface area contributed by atoms with Gasteiger partial charge in [-0.15, -0.1) is 35.3 Å². The highest BCUT2D eigenvalue weighted by Crippen LogP contribution is 2.46. The number of nitrogen functional groups attached to an aromatic ring is 1. The molecule has 12 nitrogen and oxygen atoms in total. The van der Waals surface area contributed by atoms with Crippen LogP contribution in [-0.4, -0.2) is 97.5 Å². The zero-order chi connectivity index (χ0) is 62.7. The van der Waals surface area contributed by atoms with E-state index in [0.717, 1.165) is 44.5 Å². The Kier molecular flexibility index (Phi) is 26.5. The summed E-state index contributed by atoms with van der Waals surface area (Å²) in [4.78, 5) is 27.4. The summed E-state index contributed by atoms with van der Waals surface area (Å²) in [5.74, 6) is -0.386. The van der Waals surface area contributed by atoms with E-state index >= 15 is 4.39 Å². The van der Waals surface area contributed by atoms with Crippen molar-refractivity contribution in [2.45, 2.75) is 156 Å². The van der Waals surface area contributed by atoms with Crippen LogP contribution in [-0.2, 0) is 77.6 Å². The van der Waals surface area contributed by atoms with E-state index in [0.29, 0.717) is 52.9 Å². The molecule has 6 aromatic carbocycles. The number of carbonyl (C=O) groups excluding carboxylic acids is 1. The van der Waals surface area contributed by atoms with Gasteiger partial charge in [-0.05, 0) is 81.0 Å². The number of rotatable bonds is 23. The summed E-state index contributed by atoms with van der Waals surface area (Å²) < 4.78 is 86.8. The first-order valence-corrected chi connectivity index (χ1v) is 33.1. The number of hydrogen-bond acceptors (Lipinski definition) is 14. The molecule has 19 heteroatoms. The first-order valence-electron chi connectivity index (χ1n) is 29.3. The van der Waals surface area contributed by atoms with Crippen LogP contribution in [0.2, 0.25) is 0 Å². The summed E-state index contributed by atoms with van der Waals surface area (Å²) in [5, 5.41) is -1.33. The van der Waals surface area contributed by atoms with Crippen LogP contribution < -0.4 is 11.4 Å². The van der Waals surface area contributed by atoms with Gasteiger partial charge in [-0.25, -0.2) is 18.0 Å². The molecule has 7 aromatic rings. The number of aryl methyl sites for hydroxylation is 6. The van der Waals surface area contributed by atoms with Crippen molar-refractivity contribution in [2.75, 3.05) is 25.6 Å². The van der Waals surface area contributed by atoms with Crippen LogP contribution in [0.4, 0.5) is 19.0 Å². The minimum absolute atomic E-state index is 0.0229. The van der Waals surface area contributed by atoms with Gasteiger partial charge in [0.25, 0.3) is 0 Å². The lowest BCUT2D eigenvalue weighted by Crippen LogP contribution is -2.35. The third-order valence-electron chi connectivity index (χ3n) is 14.9. The molecule has 0 amide bonds. The van der Waals surface area contributed by atoms with Gasteiger partial charge in [0.2, 0.25) is 0 Å². The van der Waals surface area contributed by atoms with Crippen molar-refractivity contribution in [1.29, 1.82) is 0 Å². The average molecular weight is 1330 g/mol. The molecule has 3 unspecified atom stereocenters.